The van der Waals surface area contributed by atoms with Gasteiger partial charge in [-0.25, -0.2) is 8.42 Å². The van der Waals surface area contributed by atoms with Crippen molar-refractivity contribution in [2.24, 2.45) is 0 Å². The molecule has 0 atom stereocenters. The molecule has 0 aromatic heterocycles. The van der Waals surface area contributed by atoms with E-state index in [0.29, 0.717) is 6.54 Å². The van der Waals surface area contributed by atoms with Gasteiger partial charge in [0.05, 0.1) is 11.8 Å². The normalized spacial score (nSPS) is 11.4. The van der Waals surface area contributed by atoms with Gasteiger partial charge in [-0.15, -0.1) is 0 Å². The van der Waals surface area contributed by atoms with Gasteiger partial charge in [0.25, 0.3) is 0 Å². The van der Waals surface area contributed by atoms with Gasteiger partial charge in [0.2, 0.25) is 10.0 Å². The number of hydrogen-bond donors (Lipinski definition) is 1. The molecule has 0 spiro atoms. The summed E-state index contributed by atoms with van der Waals surface area (Å²) < 4.78 is 26.6. The molecule has 0 saturated heterocycles. The van der Waals surface area contributed by atoms with E-state index >= 15 is 0 Å². The highest BCUT2D eigenvalue weighted by Crippen LogP contribution is 2.25. The van der Waals surface area contributed by atoms with Crippen LogP contribution in [0.5, 0.6) is 0 Å². The van der Waals surface area contributed by atoms with Crippen molar-refractivity contribution >= 4 is 31.6 Å². The standard InChI is InChI=1S/C11H14BrN3O2S/c1-2-15(7-3-6-13)18(16,17)11-5-4-9(12)8-10(11)14/h4-5,8H,2-3,7,14H2,1H3. The van der Waals surface area contributed by atoms with Crippen LogP contribution < -0.4 is 5.73 Å². The first kappa shape index (κ1) is 15.0. The molecule has 0 aliphatic heterocycles. The van der Waals surface area contributed by atoms with Crippen molar-refractivity contribution in [1.29, 1.82) is 5.26 Å². The first-order valence-corrected chi connectivity index (χ1v) is 7.59. The van der Waals surface area contributed by atoms with Crippen molar-refractivity contribution in [2.75, 3.05) is 18.8 Å². The number of sulfonamides is 1. The van der Waals surface area contributed by atoms with E-state index in [1.807, 2.05) is 6.07 Å². The highest BCUT2D eigenvalue weighted by Gasteiger charge is 2.24. The molecule has 0 aliphatic carbocycles. The minimum atomic E-state index is -3.63. The summed E-state index contributed by atoms with van der Waals surface area (Å²) in [5, 5.41) is 8.54. The largest absolute Gasteiger partial charge is 0.398 e. The Hall–Kier alpha value is -1.10. The fourth-order valence-corrected chi connectivity index (χ4v) is 3.44. The Morgan fingerprint density at radius 1 is 1.50 bits per heavy atom. The maximum atomic E-state index is 12.3. The second-order valence-corrected chi connectivity index (χ2v) is 6.41. The lowest BCUT2D eigenvalue weighted by Gasteiger charge is -2.20. The van der Waals surface area contributed by atoms with Crippen molar-refractivity contribution in [3.63, 3.8) is 0 Å². The molecule has 1 rings (SSSR count). The molecule has 1 aromatic rings. The molecular weight excluding hydrogens is 318 g/mol. The Labute approximate surface area is 115 Å². The van der Waals surface area contributed by atoms with Crippen LogP contribution in [0.4, 0.5) is 5.69 Å². The van der Waals surface area contributed by atoms with Gasteiger partial charge in [0.1, 0.15) is 4.90 Å². The molecule has 0 radical (unpaired) electrons. The first-order chi connectivity index (χ1) is 8.43. The Morgan fingerprint density at radius 2 is 2.17 bits per heavy atom. The topological polar surface area (TPSA) is 87.2 Å². The number of benzene rings is 1. The summed E-state index contributed by atoms with van der Waals surface area (Å²) in [5.74, 6) is 0. The van der Waals surface area contributed by atoms with Crippen LogP contribution in [-0.4, -0.2) is 25.8 Å². The molecular formula is C11H14BrN3O2S. The van der Waals surface area contributed by atoms with E-state index in [0.717, 1.165) is 4.47 Å². The van der Waals surface area contributed by atoms with Gasteiger partial charge in [-0.1, -0.05) is 22.9 Å². The molecule has 0 unspecified atom stereocenters. The van der Waals surface area contributed by atoms with Gasteiger partial charge < -0.3 is 5.73 Å². The van der Waals surface area contributed by atoms with Crippen LogP contribution >= 0.6 is 15.9 Å². The number of nitrogens with zero attached hydrogens (tertiary/aromatic N) is 2. The molecule has 0 bridgehead atoms. The number of nitrogen functional groups attached to an aromatic ring is 1. The first-order valence-electron chi connectivity index (χ1n) is 5.35. The fraction of sp³-hybridized carbons (Fsp3) is 0.364. The molecule has 0 fully saturated rings. The number of nitrogens with two attached hydrogens (primary N) is 1. The lowest BCUT2D eigenvalue weighted by molar-refractivity contribution is 0.435. The second kappa shape index (κ2) is 6.18. The van der Waals surface area contributed by atoms with Crippen molar-refractivity contribution < 1.29 is 8.42 Å². The SMILES string of the molecule is CCN(CCC#N)S(=O)(=O)c1ccc(Br)cc1N. The summed E-state index contributed by atoms with van der Waals surface area (Å²) in [6, 6.07) is 6.57. The summed E-state index contributed by atoms with van der Waals surface area (Å²) in [4.78, 5) is 0.0745. The highest BCUT2D eigenvalue weighted by atomic mass is 79.9. The number of halogens is 1. The zero-order valence-corrected chi connectivity index (χ0v) is 12.3. The Morgan fingerprint density at radius 3 is 2.67 bits per heavy atom. The molecule has 5 nitrogen and oxygen atoms in total. The number of nitriles is 1. The molecule has 0 aliphatic rings. The second-order valence-electron chi connectivity index (χ2n) is 3.59. The van der Waals surface area contributed by atoms with Crippen LogP contribution in [-0.2, 0) is 10.0 Å². The maximum absolute atomic E-state index is 12.3. The minimum Gasteiger partial charge on any atom is -0.398 e. The Balaban J connectivity index is 3.15. The summed E-state index contributed by atoms with van der Waals surface area (Å²) >= 11 is 3.23. The third-order valence-electron chi connectivity index (χ3n) is 2.42. The number of anilines is 1. The molecule has 18 heavy (non-hydrogen) atoms. The van der Waals surface area contributed by atoms with E-state index in [4.69, 9.17) is 11.0 Å². The third-order valence-corrected chi connectivity index (χ3v) is 4.96. The predicted molar refractivity (Wildman–Crippen MR) is 73.2 cm³/mol. The van der Waals surface area contributed by atoms with Crippen LogP contribution in [0.25, 0.3) is 0 Å². The van der Waals surface area contributed by atoms with Crippen LogP contribution in [0.3, 0.4) is 0 Å². The zero-order valence-electron chi connectivity index (χ0n) is 9.93. The van der Waals surface area contributed by atoms with Gasteiger partial charge in [-0.05, 0) is 18.2 Å². The minimum absolute atomic E-state index is 0.0745. The molecule has 7 heteroatoms. The van der Waals surface area contributed by atoms with Crippen LogP contribution in [0.1, 0.15) is 13.3 Å². The van der Waals surface area contributed by atoms with E-state index in [-0.39, 0.29) is 23.5 Å². The monoisotopic (exact) mass is 331 g/mol. The van der Waals surface area contributed by atoms with Crippen molar-refractivity contribution in [1.82, 2.24) is 4.31 Å². The maximum Gasteiger partial charge on any atom is 0.245 e. The Kier molecular flexibility index (Phi) is 5.14. The van der Waals surface area contributed by atoms with Crippen molar-refractivity contribution in [3.05, 3.63) is 22.7 Å². The summed E-state index contributed by atoms with van der Waals surface area (Å²) in [7, 11) is -3.63. The Bertz CT molecular complexity index is 566. The molecule has 0 heterocycles. The van der Waals surface area contributed by atoms with Gasteiger partial charge in [-0.3, -0.25) is 0 Å². The van der Waals surface area contributed by atoms with Gasteiger partial charge in [-0.2, -0.15) is 9.57 Å². The van der Waals surface area contributed by atoms with E-state index < -0.39 is 10.0 Å². The lowest BCUT2D eigenvalue weighted by Crippen LogP contribution is -2.32. The molecule has 2 N–H and O–H groups in total. The van der Waals surface area contributed by atoms with Gasteiger partial charge >= 0.3 is 0 Å². The van der Waals surface area contributed by atoms with E-state index in [2.05, 4.69) is 15.9 Å². The van der Waals surface area contributed by atoms with Gasteiger partial charge in [0.15, 0.2) is 0 Å². The number of rotatable bonds is 5. The fourth-order valence-electron chi connectivity index (χ4n) is 1.52. The average Bonchev–Trinajstić information content (AvgIpc) is 2.29. The quantitative estimate of drug-likeness (QED) is 0.835. The highest BCUT2D eigenvalue weighted by molar-refractivity contribution is 9.10. The number of hydrogen-bond acceptors (Lipinski definition) is 4. The summed E-state index contributed by atoms with van der Waals surface area (Å²) in [6.45, 7) is 2.20. The van der Waals surface area contributed by atoms with E-state index in [1.165, 1.54) is 10.4 Å². The molecule has 1 aromatic carbocycles. The lowest BCUT2D eigenvalue weighted by atomic mass is 10.3. The average molecular weight is 332 g/mol. The van der Waals surface area contributed by atoms with Crippen molar-refractivity contribution in [2.45, 2.75) is 18.2 Å². The zero-order chi connectivity index (χ0) is 13.8. The van der Waals surface area contributed by atoms with Crippen molar-refractivity contribution in [3.8, 4) is 6.07 Å². The third kappa shape index (κ3) is 3.22. The molecule has 0 amide bonds. The summed E-state index contributed by atoms with van der Waals surface area (Å²) in [5.41, 5.74) is 5.92. The summed E-state index contributed by atoms with van der Waals surface area (Å²) in [6.07, 6.45) is 0.156. The van der Waals surface area contributed by atoms with Gasteiger partial charge in [0, 0.05) is 24.0 Å². The van der Waals surface area contributed by atoms with Crippen LogP contribution in [0, 0.1) is 11.3 Å². The van der Waals surface area contributed by atoms with Crippen LogP contribution in [0.15, 0.2) is 27.6 Å². The van der Waals surface area contributed by atoms with E-state index in [1.54, 1.807) is 19.1 Å². The van der Waals surface area contributed by atoms with Crippen LogP contribution in [0.2, 0.25) is 0 Å². The van der Waals surface area contributed by atoms with E-state index in [9.17, 15) is 8.42 Å². The smallest absolute Gasteiger partial charge is 0.245 e. The molecule has 98 valence electrons. The molecule has 0 saturated carbocycles. The predicted octanol–water partition coefficient (Wildman–Crippen LogP) is 1.96.